The van der Waals surface area contributed by atoms with Crippen molar-refractivity contribution >= 4 is 23.7 Å². The summed E-state index contributed by atoms with van der Waals surface area (Å²) in [6.07, 6.45) is 2.38. The number of halogens is 3. The molecular formula is C23H30F3N7O2. The van der Waals surface area contributed by atoms with E-state index in [0.717, 1.165) is 26.1 Å². The van der Waals surface area contributed by atoms with Gasteiger partial charge in [-0.05, 0) is 25.7 Å². The first-order valence-electron chi connectivity index (χ1n) is 12.4. The molecule has 35 heavy (non-hydrogen) atoms. The molecule has 5 aliphatic heterocycles. The minimum atomic E-state index is -4.37. The Hall–Kier alpha value is -2.31. The van der Waals surface area contributed by atoms with Crippen molar-refractivity contribution in [1.29, 1.82) is 0 Å². The van der Waals surface area contributed by atoms with Gasteiger partial charge in [0.25, 0.3) is 0 Å². The molecule has 4 unspecified atom stereocenters. The van der Waals surface area contributed by atoms with Crippen LogP contribution in [0.5, 0.6) is 0 Å². The fourth-order valence-corrected chi connectivity index (χ4v) is 5.88. The van der Waals surface area contributed by atoms with Gasteiger partial charge in [0.1, 0.15) is 5.84 Å². The van der Waals surface area contributed by atoms with Crippen molar-refractivity contribution in [1.82, 2.24) is 20.5 Å². The zero-order valence-electron chi connectivity index (χ0n) is 19.4. The monoisotopic (exact) mass is 493 g/mol. The largest absolute Gasteiger partial charge is 0.413 e. The van der Waals surface area contributed by atoms with Crippen molar-refractivity contribution in [3.63, 3.8) is 0 Å². The van der Waals surface area contributed by atoms with E-state index < -0.39 is 23.7 Å². The Balaban J connectivity index is 1.10. The molecule has 2 fully saturated rings. The molecule has 0 aromatic carbocycles. The van der Waals surface area contributed by atoms with E-state index in [1.54, 1.807) is 5.01 Å². The first-order valence-corrected chi connectivity index (χ1v) is 12.4. The summed E-state index contributed by atoms with van der Waals surface area (Å²) in [5.41, 5.74) is -0.00575. The van der Waals surface area contributed by atoms with E-state index in [0.29, 0.717) is 50.1 Å². The van der Waals surface area contributed by atoms with Crippen molar-refractivity contribution in [3.8, 4) is 0 Å². The highest BCUT2D eigenvalue weighted by Crippen LogP contribution is 2.40. The zero-order chi connectivity index (χ0) is 24.2. The van der Waals surface area contributed by atoms with Crippen molar-refractivity contribution in [3.05, 3.63) is 11.6 Å². The third-order valence-electron chi connectivity index (χ3n) is 7.86. The second-order valence-corrected chi connectivity index (χ2v) is 10.2. The van der Waals surface area contributed by atoms with Crippen molar-refractivity contribution in [2.75, 3.05) is 26.2 Å². The van der Waals surface area contributed by atoms with Crippen LogP contribution in [0.15, 0.2) is 26.7 Å². The Bertz CT molecular complexity index is 996. The SMILES string of the molecule is O=C(NC1CC=NC(N2CC3(CCO3)C2)N1)C1CN=C2CCC(C3CCCC=C3C(F)(F)F)=NN21. The molecule has 0 saturated carbocycles. The zero-order valence-corrected chi connectivity index (χ0v) is 19.4. The lowest BCUT2D eigenvalue weighted by molar-refractivity contribution is -0.232. The third kappa shape index (κ3) is 4.29. The number of carbonyl (C=O) groups is 1. The minimum absolute atomic E-state index is 0.00550. The van der Waals surface area contributed by atoms with Crippen molar-refractivity contribution in [2.45, 2.75) is 75.2 Å². The van der Waals surface area contributed by atoms with Gasteiger partial charge in [0.05, 0.1) is 24.9 Å². The lowest BCUT2D eigenvalue weighted by Gasteiger charge is -2.57. The minimum Gasteiger partial charge on any atom is -0.372 e. The van der Waals surface area contributed by atoms with Gasteiger partial charge in [-0.25, -0.2) is 5.01 Å². The maximum absolute atomic E-state index is 13.6. The quantitative estimate of drug-likeness (QED) is 0.583. The summed E-state index contributed by atoms with van der Waals surface area (Å²) in [6.45, 7) is 2.71. The molecule has 4 atom stereocenters. The molecule has 6 aliphatic rings. The second-order valence-electron chi connectivity index (χ2n) is 10.2. The summed E-state index contributed by atoms with van der Waals surface area (Å²) < 4.78 is 46.5. The number of fused-ring (bicyclic) bond motifs is 1. The van der Waals surface area contributed by atoms with E-state index in [9.17, 15) is 18.0 Å². The van der Waals surface area contributed by atoms with Gasteiger partial charge in [0.15, 0.2) is 12.3 Å². The molecule has 1 amide bonds. The smallest absolute Gasteiger partial charge is 0.372 e. The number of ether oxygens (including phenoxy) is 1. The maximum atomic E-state index is 13.6. The molecule has 0 radical (unpaired) electrons. The molecule has 6 rings (SSSR count). The Morgan fingerprint density at radius 2 is 2.11 bits per heavy atom. The number of carbonyl (C=O) groups excluding carboxylic acids is 1. The molecular weight excluding hydrogens is 463 g/mol. The van der Waals surface area contributed by atoms with Gasteiger partial charge in [0, 0.05) is 55.8 Å². The van der Waals surface area contributed by atoms with E-state index in [4.69, 9.17) is 4.74 Å². The molecule has 0 aromatic rings. The van der Waals surface area contributed by atoms with Gasteiger partial charge in [-0.3, -0.25) is 25.0 Å². The lowest BCUT2D eigenvalue weighted by Crippen LogP contribution is -2.73. The maximum Gasteiger partial charge on any atom is 0.413 e. The molecule has 2 saturated heterocycles. The normalized spacial score (nSPS) is 34.4. The fraction of sp³-hybridized carbons (Fsp3) is 0.739. The van der Waals surface area contributed by atoms with Crippen LogP contribution in [0.1, 0.15) is 44.9 Å². The number of aliphatic imine (C=N–C) groups is 2. The van der Waals surface area contributed by atoms with Crippen LogP contribution in [0.2, 0.25) is 0 Å². The van der Waals surface area contributed by atoms with Crippen molar-refractivity contribution < 1.29 is 22.7 Å². The van der Waals surface area contributed by atoms with Gasteiger partial charge >= 0.3 is 6.18 Å². The highest BCUT2D eigenvalue weighted by molar-refractivity contribution is 6.00. The molecule has 0 aromatic heterocycles. The van der Waals surface area contributed by atoms with Gasteiger partial charge < -0.3 is 10.1 Å². The number of rotatable bonds is 4. The van der Waals surface area contributed by atoms with Crippen LogP contribution < -0.4 is 10.6 Å². The third-order valence-corrected chi connectivity index (χ3v) is 7.86. The molecule has 190 valence electrons. The molecule has 12 heteroatoms. The topological polar surface area (TPSA) is 93.9 Å². The Labute approximate surface area is 201 Å². The summed E-state index contributed by atoms with van der Waals surface area (Å²) in [5, 5.41) is 12.5. The van der Waals surface area contributed by atoms with Crippen LogP contribution in [0.3, 0.4) is 0 Å². The van der Waals surface area contributed by atoms with Crippen LogP contribution in [0.25, 0.3) is 0 Å². The average Bonchev–Trinajstić information content (AvgIpc) is 3.20. The highest BCUT2D eigenvalue weighted by atomic mass is 19.4. The first kappa shape index (κ1) is 23.1. The van der Waals surface area contributed by atoms with Crippen LogP contribution in [0, 0.1) is 5.92 Å². The van der Waals surface area contributed by atoms with Gasteiger partial charge in [-0.1, -0.05) is 6.08 Å². The van der Waals surface area contributed by atoms with Crippen LogP contribution in [-0.2, 0) is 9.53 Å². The predicted molar refractivity (Wildman–Crippen MR) is 123 cm³/mol. The Morgan fingerprint density at radius 3 is 2.86 bits per heavy atom. The van der Waals surface area contributed by atoms with Crippen LogP contribution in [0.4, 0.5) is 13.2 Å². The number of hydrogen-bond acceptors (Lipinski definition) is 8. The number of nitrogens with one attached hydrogen (secondary N) is 2. The lowest BCUT2D eigenvalue weighted by atomic mass is 9.82. The predicted octanol–water partition coefficient (Wildman–Crippen LogP) is 1.77. The number of likely N-dealkylation sites (tertiary alicyclic amines) is 1. The molecule has 0 bridgehead atoms. The Kier molecular flexibility index (Phi) is 5.72. The molecule has 9 nitrogen and oxygen atoms in total. The van der Waals surface area contributed by atoms with Crippen molar-refractivity contribution in [2.24, 2.45) is 21.0 Å². The summed E-state index contributed by atoms with van der Waals surface area (Å²) in [7, 11) is 0. The van der Waals surface area contributed by atoms with Crippen LogP contribution >= 0.6 is 0 Å². The Morgan fingerprint density at radius 1 is 1.29 bits per heavy atom. The number of nitrogens with zero attached hydrogens (tertiary/aromatic N) is 5. The summed E-state index contributed by atoms with van der Waals surface area (Å²) in [5.74, 6) is -0.311. The molecule has 2 N–H and O–H groups in total. The van der Waals surface area contributed by atoms with E-state index in [1.807, 2.05) is 6.21 Å². The number of hydrogen-bond donors (Lipinski definition) is 2. The number of amidine groups is 1. The van der Waals surface area contributed by atoms with E-state index >= 15 is 0 Å². The summed E-state index contributed by atoms with van der Waals surface area (Å²) >= 11 is 0. The number of allylic oxidation sites excluding steroid dienone is 2. The van der Waals surface area contributed by atoms with Gasteiger partial charge in [-0.15, -0.1) is 0 Å². The number of hydrazone groups is 1. The van der Waals surface area contributed by atoms with Gasteiger partial charge in [-0.2, -0.15) is 18.3 Å². The van der Waals surface area contributed by atoms with Crippen LogP contribution in [-0.4, -0.2) is 90.1 Å². The number of amides is 1. The average molecular weight is 494 g/mol. The molecule has 1 spiro atoms. The van der Waals surface area contributed by atoms with E-state index in [-0.39, 0.29) is 30.5 Å². The van der Waals surface area contributed by atoms with E-state index in [1.165, 1.54) is 6.08 Å². The first-order chi connectivity index (χ1) is 16.8. The van der Waals surface area contributed by atoms with Gasteiger partial charge in [0.2, 0.25) is 5.91 Å². The number of alkyl halides is 3. The standard InChI is InChI=1S/C23H30F3N7O2/c24-23(25,26)15-4-2-1-3-14(15)16-5-6-19-28-11-17(33(19)31-16)20(34)29-18-7-9-27-21(30-18)32-12-22(13-32)8-10-35-22/h4,9,14,17-18,21,30H,1-3,5-8,10-13H2,(H,29,34). The summed E-state index contributed by atoms with van der Waals surface area (Å²) in [6, 6.07) is -0.656. The fourth-order valence-electron chi connectivity index (χ4n) is 5.88. The van der Waals surface area contributed by atoms with E-state index in [2.05, 4.69) is 30.6 Å². The summed E-state index contributed by atoms with van der Waals surface area (Å²) in [4.78, 5) is 24.4. The highest BCUT2D eigenvalue weighted by Gasteiger charge is 2.51. The molecule has 5 heterocycles. The molecule has 1 aliphatic carbocycles. The second kappa shape index (κ2) is 8.67.